The van der Waals surface area contributed by atoms with Crippen molar-refractivity contribution in [2.45, 2.75) is 31.8 Å². The summed E-state index contributed by atoms with van der Waals surface area (Å²) < 4.78 is 0. The summed E-state index contributed by atoms with van der Waals surface area (Å²) in [5.74, 6) is -0.765. The van der Waals surface area contributed by atoms with Gasteiger partial charge in [-0.3, -0.25) is 9.59 Å². The van der Waals surface area contributed by atoms with Crippen LogP contribution >= 0.6 is 0 Å². The number of benzene rings is 1. The van der Waals surface area contributed by atoms with Gasteiger partial charge in [0.1, 0.15) is 0 Å². The number of hydrogen-bond donors (Lipinski definition) is 3. The molecule has 19 heavy (non-hydrogen) atoms. The van der Waals surface area contributed by atoms with Crippen LogP contribution in [0, 0.1) is 0 Å². The second-order valence-corrected chi connectivity index (χ2v) is 4.75. The summed E-state index contributed by atoms with van der Waals surface area (Å²) in [6.45, 7) is 1.38. The summed E-state index contributed by atoms with van der Waals surface area (Å²) in [5.41, 5.74) is 1.83. The van der Waals surface area contributed by atoms with Gasteiger partial charge >= 0.3 is 5.97 Å². The number of rotatable bonds is 5. The predicted molar refractivity (Wildman–Crippen MR) is 70.7 cm³/mol. The van der Waals surface area contributed by atoms with Gasteiger partial charge in [0, 0.05) is 13.1 Å². The van der Waals surface area contributed by atoms with Gasteiger partial charge in [0.05, 0.1) is 12.5 Å². The number of carbonyl (C=O) groups is 2. The number of carboxylic acids is 1. The molecule has 0 radical (unpaired) electrons. The summed E-state index contributed by atoms with van der Waals surface area (Å²) in [6, 6.07) is 7.29. The van der Waals surface area contributed by atoms with E-state index < -0.39 is 5.97 Å². The maximum Gasteiger partial charge on any atom is 0.307 e. The van der Waals surface area contributed by atoms with Gasteiger partial charge in [-0.15, -0.1) is 0 Å². The third-order valence-electron chi connectivity index (χ3n) is 3.22. The zero-order valence-corrected chi connectivity index (χ0v) is 10.7. The Balaban J connectivity index is 1.85. The van der Waals surface area contributed by atoms with Crippen LogP contribution in [0.4, 0.5) is 0 Å². The Morgan fingerprint density at radius 2 is 2.00 bits per heavy atom. The summed E-state index contributed by atoms with van der Waals surface area (Å²) >= 11 is 0. The van der Waals surface area contributed by atoms with Gasteiger partial charge in [-0.2, -0.15) is 0 Å². The third-order valence-corrected chi connectivity index (χ3v) is 3.22. The van der Waals surface area contributed by atoms with Crippen LogP contribution in [0.25, 0.3) is 0 Å². The minimum Gasteiger partial charge on any atom is -0.481 e. The second-order valence-electron chi connectivity index (χ2n) is 4.75. The molecule has 1 fully saturated rings. The normalized spacial score (nSPS) is 18.9. The molecule has 1 amide bonds. The third kappa shape index (κ3) is 4.06. The first-order chi connectivity index (χ1) is 9.15. The van der Waals surface area contributed by atoms with E-state index in [2.05, 4.69) is 10.6 Å². The van der Waals surface area contributed by atoms with Crippen molar-refractivity contribution in [3.05, 3.63) is 35.4 Å². The zero-order chi connectivity index (χ0) is 13.7. The highest BCUT2D eigenvalue weighted by molar-refractivity contribution is 5.82. The molecule has 3 N–H and O–H groups in total. The Hall–Kier alpha value is -1.88. The van der Waals surface area contributed by atoms with E-state index in [4.69, 9.17) is 5.11 Å². The first-order valence-corrected chi connectivity index (χ1v) is 6.46. The maximum absolute atomic E-state index is 11.6. The van der Waals surface area contributed by atoms with E-state index in [-0.39, 0.29) is 18.4 Å². The molecule has 0 spiro atoms. The Bertz CT molecular complexity index is 456. The number of carbonyl (C=O) groups excluding carboxylic acids is 1. The molecule has 1 unspecified atom stereocenters. The molecule has 0 aromatic heterocycles. The highest BCUT2D eigenvalue weighted by Gasteiger charge is 2.20. The molecule has 5 heteroatoms. The standard InChI is InChI=1S/C14H18N2O3/c17-13(18)8-10-3-5-11(6-4-10)9-16-12-2-1-7-15-14(12)19/h3-6,12,16H,1-2,7-9H2,(H,15,19)(H,17,18). The van der Waals surface area contributed by atoms with Crippen molar-refractivity contribution in [3.63, 3.8) is 0 Å². The largest absolute Gasteiger partial charge is 0.481 e. The number of aliphatic carboxylic acids is 1. The monoisotopic (exact) mass is 262 g/mol. The smallest absolute Gasteiger partial charge is 0.307 e. The summed E-state index contributed by atoms with van der Waals surface area (Å²) in [7, 11) is 0. The zero-order valence-electron chi connectivity index (χ0n) is 10.7. The first-order valence-electron chi connectivity index (χ1n) is 6.46. The Morgan fingerprint density at radius 3 is 2.63 bits per heavy atom. The van der Waals surface area contributed by atoms with Crippen LogP contribution in [-0.4, -0.2) is 29.6 Å². The SMILES string of the molecule is O=C(O)Cc1ccc(CNC2CCCNC2=O)cc1. The number of nitrogens with one attached hydrogen (secondary N) is 2. The first kappa shape index (κ1) is 13.5. The Labute approximate surface area is 112 Å². The van der Waals surface area contributed by atoms with Crippen molar-refractivity contribution < 1.29 is 14.7 Å². The van der Waals surface area contributed by atoms with Crippen LogP contribution in [0.5, 0.6) is 0 Å². The lowest BCUT2D eigenvalue weighted by Crippen LogP contribution is -2.47. The minimum absolute atomic E-state index is 0.0404. The number of amides is 1. The number of hydrogen-bond acceptors (Lipinski definition) is 3. The number of carboxylic acid groups (broad SMARTS) is 1. The molecule has 102 valence electrons. The van der Waals surface area contributed by atoms with Gasteiger partial charge in [-0.05, 0) is 24.0 Å². The van der Waals surface area contributed by atoms with Gasteiger partial charge in [0.2, 0.25) is 5.91 Å². The highest BCUT2D eigenvalue weighted by Crippen LogP contribution is 2.08. The van der Waals surface area contributed by atoms with E-state index in [0.717, 1.165) is 30.5 Å². The molecule has 0 bridgehead atoms. The second kappa shape index (κ2) is 6.33. The highest BCUT2D eigenvalue weighted by atomic mass is 16.4. The van der Waals surface area contributed by atoms with Gasteiger partial charge in [-0.1, -0.05) is 24.3 Å². The van der Waals surface area contributed by atoms with Crippen LogP contribution < -0.4 is 10.6 Å². The molecule has 1 aromatic rings. The van der Waals surface area contributed by atoms with Crippen LogP contribution in [0.2, 0.25) is 0 Å². The molecule has 1 aliphatic heterocycles. The quantitative estimate of drug-likeness (QED) is 0.729. The van der Waals surface area contributed by atoms with Crippen molar-refractivity contribution >= 4 is 11.9 Å². The lowest BCUT2D eigenvalue weighted by molar-refractivity contribution is -0.136. The van der Waals surface area contributed by atoms with Gasteiger partial charge < -0.3 is 15.7 Å². The van der Waals surface area contributed by atoms with E-state index in [1.807, 2.05) is 24.3 Å². The summed E-state index contributed by atoms with van der Waals surface area (Å²) in [4.78, 5) is 22.1. The van der Waals surface area contributed by atoms with Crippen molar-refractivity contribution in [2.24, 2.45) is 0 Å². The molecular formula is C14H18N2O3. The summed E-state index contributed by atoms with van der Waals surface area (Å²) in [5, 5.41) is 14.7. The van der Waals surface area contributed by atoms with Crippen molar-refractivity contribution in [1.29, 1.82) is 0 Å². The van der Waals surface area contributed by atoms with E-state index in [1.54, 1.807) is 0 Å². The van der Waals surface area contributed by atoms with Gasteiger partial charge in [0.15, 0.2) is 0 Å². The fraction of sp³-hybridized carbons (Fsp3) is 0.429. The average Bonchev–Trinajstić information content (AvgIpc) is 2.39. The van der Waals surface area contributed by atoms with Crippen LogP contribution in [-0.2, 0) is 22.6 Å². The predicted octanol–water partition coefficient (Wildman–Crippen LogP) is 0.682. The fourth-order valence-electron chi connectivity index (χ4n) is 2.16. The molecule has 0 aliphatic carbocycles. The molecular weight excluding hydrogens is 244 g/mol. The van der Waals surface area contributed by atoms with Crippen molar-refractivity contribution in [3.8, 4) is 0 Å². The van der Waals surface area contributed by atoms with Crippen LogP contribution in [0.1, 0.15) is 24.0 Å². The fourth-order valence-corrected chi connectivity index (χ4v) is 2.16. The van der Waals surface area contributed by atoms with E-state index in [9.17, 15) is 9.59 Å². The van der Waals surface area contributed by atoms with Gasteiger partial charge in [-0.25, -0.2) is 0 Å². The molecule has 2 rings (SSSR count). The minimum atomic E-state index is -0.829. The average molecular weight is 262 g/mol. The molecule has 1 aromatic carbocycles. The lowest BCUT2D eigenvalue weighted by Gasteiger charge is -2.22. The summed E-state index contributed by atoms with van der Waals surface area (Å²) in [6.07, 6.45) is 1.91. The topological polar surface area (TPSA) is 78.4 Å². The van der Waals surface area contributed by atoms with E-state index in [1.165, 1.54) is 0 Å². The molecule has 5 nitrogen and oxygen atoms in total. The van der Waals surface area contributed by atoms with Gasteiger partial charge in [0.25, 0.3) is 0 Å². The lowest BCUT2D eigenvalue weighted by atomic mass is 10.1. The van der Waals surface area contributed by atoms with E-state index >= 15 is 0 Å². The molecule has 1 saturated heterocycles. The van der Waals surface area contributed by atoms with Crippen LogP contribution in [0.3, 0.4) is 0 Å². The Kier molecular flexibility index (Phi) is 4.52. The van der Waals surface area contributed by atoms with E-state index in [0.29, 0.717) is 6.54 Å². The molecule has 1 atom stereocenters. The molecule has 0 saturated carbocycles. The van der Waals surface area contributed by atoms with Crippen molar-refractivity contribution in [2.75, 3.05) is 6.54 Å². The molecule has 1 heterocycles. The maximum atomic E-state index is 11.6. The Morgan fingerprint density at radius 1 is 1.32 bits per heavy atom. The van der Waals surface area contributed by atoms with Crippen LogP contribution in [0.15, 0.2) is 24.3 Å². The number of piperidine rings is 1. The molecule has 1 aliphatic rings. The van der Waals surface area contributed by atoms with Crippen molar-refractivity contribution in [1.82, 2.24) is 10.6 Å².